The zero-order valence-electron chi connectivity index (χ0n) is 53.9. The maximum Gasteiger partial charge on any atom is 0.306 e. The van der Waals surface area contributed by atoms with Crippen molar-refractivity contribution in [1.82, 2.24) is 0 Å². The predicted molar refractivity (Wildman–Crippen MR) is 339 cm³/mol. The summed E-state index contributed by atoms with van der Waals surface area (Å²) in [6.07, 6.45) is 6.12. The van der Waals surface area contributed by atoms with E-state index in [-0.39, 0.29) is 90.2 Å². The number of fused-ring (bicyclic) bond motifs is 10. The standard InChI is InChI=1S/C72H84O21/c1-7-70(8-2)35-37-71(38-36-70)58-16-12-11-15-56(58)67-54-13-9-10-14-55(54)69-57(68(67)71)33-34-72(93-69,49-17-21-51(83-6)22-18-49)50-19-23-52(24-20-50)84-43-44-87-61(75)29-31-65(79)91-48(3)45-88-62(76)30-32-66(80)92-53(46-89-63(77)27-25-59(73)85-41-39-81-4)47-90-64(78)28-26-60(74)86-42-40-82-5/h9-24,33-34,48,53H,7-8,25-32,35-47H2,1-6H3. The van der Waals surface area contributed by atoms with Crippen LogP contribution < -0.4 is 14.2 Å². The van der Waals surface area contributed by atoms with E-state index in [9.17, 15) is 38.4 Å². The molecule has 1 fully saturated rings. The number of rotatable bonds is 35. The molecule has 1 spiro atoms. The van der Waals surface area contributed by atoms with Gasteiger partial charge in [0.25, 0.3) is 0 Å². The van der Waals surface area contributed by atoms with Gasteiger partial charge in [0.15, 0.2) is 11.7 Å². The van der Waals surface area contributed by atoms with Gasteiger partial charge in [-0.25, -0.2) is 0 Å². The average molecular weight is 1290 g/mol. The number of methoxy groups -OCH3 is 3. The minimum absolute atomic E-state index is 0.00475. The number of hydrogen-bond acceptors (Lipinski definition) is 21. The fourth-order valence-corrected chi connectivity index (χ4v) is 12.2. The Bertz CT molecular complexity index is 3390. The molecular formula is C72H84O21. The van der Waals surface area contributed by atoms with Gasteiger partial charge in [0.05, 0.1) is 71.7 Å². The summed E-state index contributed by atoms with van der Waals surface area (Å²) >= 11 is 0. The summed E-state index contributed by atoms with van der Waals surface area (Å²) in [7, 11) is 4.51. The summed E-state index contributed by atoms with van der Waals surface area (Å²) in [5.74, 6) is -4.11. The third kappa shape index (κ3) is 18.1. The first-order chi connectivity index (χ1) is 45.0. The Kier molecular flexibility index (Phi) is 25.4. The van der Waals surface area contributed by atoms with Crippen molar-refractivity contribution in [3.63, 3.8) is 0 Å². The molecule has 0 bridgehead atoms. The predicted octanol–water partition coefficient (Wildman–Crippen LogP) is 10.7. The third-order valence-electron chi connectivity index (χ3n) is 17.4. The molecule has 0 aromatic heterocycles. The smallest absolute Gasteiger partial charge is 0.306 e. The quantitative estimate of drug-likeness (QED) is 0.0207. The fraction of sp³-hybridized carbons (Fsp3) is 0.472. The van der Waals surface area contributed by atoms with E-state index in [2.05, 4.69) is 74.5 Å². The van der Waals surface area contributed by atoms with Crippen molar-refractivity contribution in [2.45, 2.75) is 134 Å². The number of hydrogen-bond donors (Lipinski definition) is 0. The van der Waals surface area contributed by atoms with Crippen molar-refractivity contribution in [3.8, 4) is 28.4 Å². The van der Waals surface area contributed by atoms with Gasteiger partial charge in [-0.05, 0) is 96.0 Å². The zero-order valence-corrected chi connectivity index (χ0v) is 53.9. The lowest BCUT2D eigenvalue weighted by molar-refractivity contribution is -0.168. The Labute approximate surface area is 541 Å². The summed E-state index contributed by atoms with van der Waals surface area (Å²) in [4.78, 5) is 99.2. The molecule has 0 radical (unpaired) electrons. The Morgan fingerprint density at radius 1 is 0.484 bits per heavy atom. The van der Waals surface area contributed by atoms with Gasteiger partial charge in [-0.1, -0.05) is 106 Å². The summed E-state index contributed by atoms with van der Waals surface area (Å²) < 4.78 is 70.2. The van der Waals surface area contributed by atoms with Crippen molar-refractivity contribution >= 4 is 64.6 Å². The molecule has 2 aliphatic carbocycles. The molecule has 0 amide bonds. The number of carbonyl (C=O) groups excluding carboxylic acids is 8. The van der Waals surface area contributed by atoms with Crippen LogP contribution in [0.1, 0.15) is 138 Å². The lowest BCUT2D eigenvalue weighted by Crippen LogP contribution is -2.38. The molecule has 2 unspecified atom stereocenters. The summed E-state index contributed by atoms with van der Waals surface area (Å²) in [5.41, 5.74) is 7.45. The van der Waals surface area contributed by atoms with Gasteiger partial charge >= 0.3 is 47.8 Å². The highest BCUT2D eigenvalue weighted by molar-refractivity contribution is 6.08. The molecule has 5 aromatic rings. The largest absolute Gasteiger partial charge is 0.497 e. The minimum atomic E-state index is -1.33. The van der Waals surface area contributed by atoms with Gasteiger partial charge in [-0.3, -0.25) is 38.4 Å². The van der Waals surface area contributed by atoms with Gasteiger partial charge in [0.2, 0.25) is 0 Å². The van der Waals surface area contributed by atoms with E-state index < -0.39 is 91.6 Å². The molecular weight excluding hydrogens is 1200 g/mol. The molecule has 1 aliphatic heterocycles. The number of carbonyl (C=O) groups is 8. The van der Waals surface area contributed by atoms with Crippen molar-refractivity contribution in [2.75, 3.05) is 80.8 Å². The second kappa shape index (κ2) is 33.7. The molecule has 8 rings (SSSR count). The molecule has 21 heteroatoms. The van der Waals surface area contributed by atoms with E-state index in [0.717, 1.165) is 59.3 Å². The van der Waals surface area contributed by atoms with Gasteiger partial charge in [0, 0.05) is 41.7 Å². The van der Waals surface area contributed by atoms with Crippen molar-refractivity contribution in [2.24, 2.45) is 5.41 Å². The molecule has 0 saturated heterocycles. The molecule has 3 aliphatic rings. The summed E-state index contributed by atoms with van der Waals surface area (Å²) in [6.45, 7) is 4.89. The Hall–Kier alpha value is -8.82. The average Bonchev–Trinajstić information content (AvgIpc) is 1.57. The lowest BCUT2D eigenvalue weighted by atomic mass is 9.58. The molecule has 1 heterocycles. The van der Waals surface area contributed by atoms with Crippen LogP contribution in [0.3, 0.4) is 0 Å². The molecule has 1 saturated carbocycles. The highest BCUT2D eigenvalue weighted by atomic mass is 16.6. The Morgan fingerprint density at radius 2 is 0.946 bits per heavy atom. The van der Waals surface area contributed by atoms with Gasteiger partial charge in [0.1, 0.15) is 69.6 Å². The lowest BCUT2D eigenvalue weighted by Gasteiger charge is -2.47. The van der Waals surface area contributed by atoms with Crippen LogP contribution in [0.5, 0.6) is 17.2 Å². The van der Waals surface area contributed by atoms with Crippen LogP contribution in [0.2, 0.25) is 0 Å². The minimum Gasteiger partial charge on any atom is -0.497 e. The fourth-order valence-electron chi connectivity index (χ4n) is 12.2. The summed E-state index contributed by atoms with van der Waals surface area (Å²) in [5, 5.41) is 2.22. The van der Waals surface area contributed by atoms with Gasteiger partial charge < -0.3 is 61.6 Å². The third-order valence-corrected chi connectivity index (χ3v) is 17.4. The molecule has 21 nitrogen and oxygen atoms in total. The van der Waals surface area contributed by atoms with E-state index in [1.807, 2.05) is 48.5 Å². The van der Waals surface area contributed by atoms with Crippen molar-refractivity contribution in [1.29, 1.82) is 0 Å². The van der Waals surface area contributed by atoms with Crippen molar-refractivity contribution in [3.05, 3.63) is 131 Å². The second-order valence-corrected chi connectivity index (χ2v) is 23.3. The summed E-state index contributed by atoms with van der Waals surface area (Å²) in [6, 6.07) is 33.3. The number of ether oxygens (including phenoxy) is 13. The topological polar surface area (TPSA) is 257 Å². The van der Waals surface area contributed by atoms with Crippen LogP contribution >= 0.6 is 0 Å². The van der Waals surface area contributed by atoms with Gasteiger partial charge in [-0.15, -0.1) is 0 Å². The van der Waals surface area contributed by atoms with Crippen molar-refractivity contribution < 1.29 is 99.9 Å². The van der Waals surface area contributed by atoms with E-state index in [0.29, 0.717) is 11.2 Å². The number of benzene rings is 5. The SMILES string of the molecule is CCC1(CC)CCC2(CC1)c1ccccc1-c1c2c2c(c3ccccc13)OC(c1ccc(OC)cc1)(c1ccc(OCCOC(=O)CCC(=O)OC(C)COC(=O)CCC(=O)OC(COC(=O)CCC(=O)OCCOC)COC(=O)CCC(=O)OCCOC)cc1)C=C2. The first kappa shape index (κ1) is 70.1. The normalized spacial score (nSPS) is 15.7. The van der Waals surface area contributed by atoms with Crippen LogP contribution in [0.25, 0.3) is 28.0 Å². The maximum atomic E-state index is 12.8. The van der Waals surface area contributed by atoms with Crippen LogP contribution in [0.4, 0.5) is 0 Å². The molecule has 2 atom stereocenters. The Morgan fingerprint density at radius 3 is 1.47 bits per heavy atom. The van der Waals surface area contributed by atoms with E-state index in [1.165, 1.54) is 61.6 Å². The van der Waals surface area contributed by atoms with E-state index in [4.69, 9.17) is 61.6 Å². The second-order valence-electron chi connectivity index (χ2n) is 23.3. The van der Waals surface area contributed by atoms with Crippen LogP contribution in [-0.2, 0) is 96.7 Å². The van der Waals surface area contributed by atoms with Crippen LogP contribution in [-0.4, -0.2) is 141 Å². The molecule has 498 valence electrons. The maximum absolute atomic E-state index is 12.8. The van der Waals surface area contributed by atoms with E-state index >= 15 is 0 Å². The highest BCUT2D eigenvalue weighted by Gasteiger charge is 2.51. The molecule has 93 heavy (non-hydrogen) atoms. The number of esters is 8. The van der Waals surface area contributed by atoms with Gasteiger partial charge in [-0.2, -0.15) is 0 Å². The van der Waals surface area contributed by atoms with Crippen LogP contribution in [0.15, 0.2) is 103 Å². The molecule has 5 aromatic carbocycles. The molecule has 0 N–H and O–H groups in total. The van der Waals surface area contributed by atoms with E-state index in [1.54, 1.807) is 7.11 Å². The first-order valence-corrected chi connectivity index (χ1v) is 31.8. The highest BCUT2D eigenvalue weighted by Crippen LogP contribution is 2.64. The van der Waals surface area contributed by atoms with Crippen LogP contribution in [0, 0.1) is 5.41 Å². The first-order valence-electron chi connectivity index (χ1n) is 31.8. The monoisotopic (exact) mass is 1280 g/mol. The zero-order chi connectivity index (χ0) is 66.4. The Balaban J connectivity index is 0.794.